The molecule has 0 heterocycles. The summed E-state index contributed by atoms with van der Waals surface area (Å²) in [7, 11) is 0. The van der Waals surface area contributed by atoms with Crippen LogP contribution in [0.15, 0.2) is 0 Å². The predicted molar refractivity (Wildman–Crippen MR) is 27.6 cm³/mol. The topological polar surface area (TPSA) is 9.23 Å². The molecule has 0 saturated carbocycles. The summed E-state index contributed by atoms with van der Waals surface area (Å²) in [5.74, 6) is 0. The van der Waals surface area contributed by atoms with Crippen LogP contribution in [0.4, 0.5) is 17.6 Å². The van der Waals surface area contributed by atoms with E-state index in [2.05, 4.69) is 27.8 Å². The summed E-state index contributed by atoms with van der Waals surface area (Å²) in [6.07, 6.45) is -5.16. The predicted octanol–water partition coefficient (Wildman–Crippen LogP) is 2.62. The van der Waals surface area contributed by atoms with Crippen molar-refractivity contribution in [3.8, 4) is 0 Å². The summed E-state index contributed by atoms with van der Waals surface area (Å²) in [5, 5.41) is -3.89. The van der Waals surface area contributed by atoms with Crippen LogP contribution in [0.3, 0.4) is 0 Å². The number of hydrogen-bond donors (Lipinski definition) is 0. The minimum Gasteiger partial charge on any atom is -0.274 e. The van der Waals surface area contributed by atoms with Gasteiger partial charge in [-0.3, -0.25) is 4.29 Å². The minimum atomic E-state index is -5.16. The van der Waals surface area contributed by atoms with E-state index in [4.69, 9.17) is 0 Å². The molecule has 11 heavy (non-hydrogen) atoms. The van der Waals surface area contributed by atoms with Crippen LogP contribution in [-0.4, -0.2) is 17.9 Å². The Bertz CT molecular complexity index is 116. The van der Waals surface area contributed by atoms with Gasteiger partial charge >= 0.3 is 11.3 Å². The van der Waals surface area contributed by atoms with Gasteiger partial charge in [0.2, 0.25) is 0 Å². The number of hydrogen-bond acceptors (Lipinski definition) is 1. The van der Waals surface area contributed by atoms with Gasteiger partial charge in [0.15, 0.2) is 0 Å². The second kappa shape index (κ2) is 4.80. The Kier molecular flexibility index (Phi) is 6.29. The van der Waals surface area contributed by atoms with Crippen LogP contribution in [0.1, 0.15) is 0 Å². The maximum atomic E-state index is 12.0. The van der Waals surface area contributed by atoms with E-state index < -0.39 is 17.9 Å². The Balaban J connectivity index is 0. The van der Waals surface area contributed by atoms with E-state index in [1.807, 2.05) is 0 Å². The third-order valence-corrected chi connectivity index (χ3v) is 1.08. The van der Waals surface area contributed by atoms with E-state index in [1.165, 1.54) is 0 Å². The van der Waals surface area contributed by atoms with E-state index in [1.54, 1.807) is 0 Å². The zero-order valence-corrected chi connectivity index (χ0v) is 9.57. The van der Waals surface area contributed by atoms with Crippen molar-refractivity contribution in [3.05, 3.63) is 0 Å². The summed E-state index contributed by atoms with van der Waals surface area (Å²) < 4.78 is 49.5. The molecular formula is C3H2Cl2F4OZn. The van der Waals surface area contributed by atoms with Gasteiger partial charge in [0, 0.05) is 19.5 Å². The van der Waals surface area contributed by atoms with Crippen molar-refractivity contribution in [3.63, 3.8) is 0 Å². The van der Waals surface area contributed by atoms with Crippen molar-refractivity contribution in [1.82, 2.24) is 0 Å². The van der Waals surface area contributed by atoms with E-state index in [0.29, 0.717) is 0 Å². The third-order valence-electron chi connectivity index (χ3n) is 0.651. The van der Waals surface area contributed by atoms with Crippen molar-refractivity contribution in [2.75, 3.05) is 6.61 Å². The first-order valence-corrected chi connectivity index (χ1v) is 2.68. The smallest absolute Gasteiger partial charge is 0.274 e. The van der Waals surface area contributed by atoms with Gasteiger partial charge in [-0.15, -0.1) is 0 Å². The minimum absolute atomic E-state index is 0. The van der Waals surface area contributed by atoms with Crippen molar-refractivity contribution >= 4 is 23.5 Å². The summed E-state index contributed by atoms with van der Waals surface area (Å²) in [6.45, 7) is -1.43. The molecule has 0 rings (SSSR count). The molecule has 0 aromatic carbocycles. The Hall–Kier alpha value is 0.883. The third kappa shape index (κ3) is 4.46. The molecule has 1 nitrogen and oxygen atoms in total. The number of alkyl halides is 5. The van der Waals surface area contributed by atoms with Gasteiger partial charge in [0.25, 0.3) is 0 Å². The summed E-state index contributed by atoms with van der Waals surface area (Å²) in [4.78, 5) is 0. The maximum Gasteiger partial charge on any atom is 0.439 e. The molecular weight excluding hydrogens is 264 g/mol. The quantitative estimate of drug-likeness (QED) is 0.424. The van der Waals surface area contributed by atoms with Gasteiger partial charge in [-0.2, -0.15) is 13.2 Å². The zero-order valence-electron chi connectivity index (χ0n) is 5.09. The zero-order chi connectivity index (χ0) is 8.41. The molecule has 0 spiro atoms. The van der Waals surface area contributed by atoms with E-state index in [0.717, 1.165) is 0 Å². The van der Waals surface area contributed by atoms with Crippen LogP contribution in [-0.2, 0) is 23.8 Å². The van der Waals surface area contributed by atoms with Gasteiger partial charge in [-0.1, -0.05) is 11.6 Å². The monoisotopic (exact) mass is 264 g/mol. The molecule has 0 N–H and O–H groups in total. The van der Waals surface area contributed by atoms with Crippen molar-refractivity contribution in [2.45, 2.75) is 11.3 Å². The maximum absolute atomic E-state index is 12.0. The summed E-state index contributed by atoms with van der Waals surface area (Å²) >= 11 is 8.68. The molecule has 0 fully saturated rings. The number of rotatable bonds is 2. The van der Waals surface area contributed by atoms with E-state index in [-0.39, 0.29) is 19.5 Å². The van der Waals surface area contributed by atoms with Gasteiger partial charge in [0.05, 0.1) is 11.9 Å². The molecule has 0 radical (unpaired) electrons. The van der Waals surface area contributed by atoms with Crippen molar-refractivity contribution < 1.29 is 41.3 Å². The molecule has 0 saturated heterocycles. The molecule has 0 aliphatic heterocycles. The largest absolute Gasteiger partial charge is 0.439 e. The van der Waals surface area contributed by atoms with Gasteiger partial charge < -0.3 is 0 Å². The molecule has 8 heteroatoms. The number of halogens is 6. The van der Waals surface area contributed by atoms with Crippen LogP contribution < -0.4 is 0 Å². The molecule has 0 amide bonds. The molecule has 0 aromatic heterocycles. The molecule has 0 aliphatic carbocycles. The van der Waals surface area contributed by atoms with E-state index in [9.17, 15) is 17.6 Å². The normalized spacial score (nSPS) is 16.9. The molecule has 0 aromatic rings. The summed E-state index contributed by atoms with van der Waals surface area (Å²) in [6, 6.07) is 0. The second-order valence-corrected chi connectivity index (χ2v) is 2.27. The van der Waals surface area contributed by atoms with Crippen LogP contribution >= 0.6 is 23.5 Å². The first-order chi connectivity index (χ1) is 4.31. The fourth-order valence-corrected chi connectivity index (χ4v) is 0.411. The SMILES string of the molecule is FC(F)(F)C(F)(Cl)COCl.[Zn]. The van der Waals surface area contributed by atoms with E-state index >= 15 is 0 Å². The Morgan fingerprint density at radius 2 is 1.55 bits per heavy atom. The average molecular weight is 266 g/mol. The Morgan fingerprint density at radius 1 is 1.18 bits per heavy atom. The standard InChI is InChI=1S/C3H2Cl2F4O.Zn/c4-2(6,1-10-5)3(7,8)9;/h1H2;. The van der Waals surface area contributed by atoms with Crippen LogP contribution in [0.5, 0.6) is 0 Å². The Labute approximate surface area is 82.9 Å². The van der Waals surface area contributed by atoms with Gasteiger partial charge in [-0.05, 0) is 0 Å². The molecule has 1 atom stereocenters. The van der Waals surface area contributed by atoms with Crippen LogP contribution in [0, 0.1) is 0 Å². The second-order valence-electron chi connectivity index (χ2n) is 1.46. The molecule has 0 bridgehead atoms. The first kappa shape index (κ1) is 14.4. The summed E-state index contributed by atoms with van der Waals surface area (Å²) in [5.41, 5.74) is 0. The van der Waals surface area contributed by atoms with Crippen LogP contribution in [0.2, 0.25) is 0 Å². The Morgan fingerprint density at radius 3 is 1.64 bits per heavy atom. The van der Waals surface area contributed by atoms with Crippen molar-refractivity contribution in [1.29, 1.82) is 0 Å². The van der Waals surface area contributed by atoms with Crippen LogP contribution in [0.25, 0.3) is 0 Å². The molecule has 0 aliphatic rings. The fourth-order valence-electron chi connectivity index (χ4n) is 0.150. The van der Waals surface area contributed by atoms with Gasteiger partial charge in [-0.25, -0.2) is 4.39 Å². The first-order valence-electron chi connectivity index (χ1n) is 1.99. The van der Waals surface area contributed by atoms with Crippen molar-refractivity contribution in [2.24, 2.45) is 0 Å². The van der Waals surface area contributed by atoms with Gasteiger partial charge in [0.1, 0.15) is 6.61 Å². The fraction of sp³-hybridized carbons (Fsp3) is 1.00. The molecule has 1 unspecified atom stereocenters. The molecule has 64 valence electrons. The average Bonchev–Trinajstić information content (AvgIpc) is 1.61.